The molecular weight excluding hydrogens is 230 g/mol. The number of benzene rings is 1. The summed E-state index contributed by atoms with van der Waals surface area (Å²) in [6.45, 7) is 3.97. The number of nitrogens with two attached hydrogens (primary N) is 1. The van der Waals surface area contributed by atoms with Gasteiger partial charge in [-0.2, -0.15) is 0 Å². The number of nitrogen functional groups attached to an aromatic ring is 1. The second kappa shape index (κ2) is 5.73. The lowest BCUT2D eigenvalue weighted by molar-refractivity contribution is 0.0764. The molecular formula is C13H19N3O2. The van der Waals surface area contributed by atoms with Crippen LogP contribution < -0.4 is 16.1 Å². The molecule has 0 bridgehead atoms. The van der Waals surface area contributed by atoms with E-state index in [1.165, 1.54) is 0 Å². The predicted octanol–water partition coefficient (Wildman–Crippen LogP) is 1.55. The molecule has 1 saturated heterocycles. The summed E-state index contributed by atoms with van der Waals surface area (Å²) in [4.78, 5) is 17.6. The highest BCUT2D eigenvalue weighted by Crippen LogP contribution is 2.26. The fraction of sp³-hybridized carbons (Fsp3) is 0.462. The maximum Gasteiger partial charge on any atom is 0.253 e. The topological polar surface area (TPSA) is 67.6 Å². The number of carbonyl (C=O) groups is 1. The highest BCUT2D eigenvalue weighted by Gasteiger charge is 2.19. The van der Waals surface area contributed by atoms with Gasteiger partial charge in [-0.3, -0.25) is 14.7 Å². The summed E-state index contributed by atoms with van der Waals surface area (Å²) in [6.07, 6.45) is 2.11. The summed E-state index contributed by atoms with van der Waals surface area (Å²) >= 11 is 0. The lowest BCUT2D eigenvalue weighted by Crippen LogP contribution is -2.33. The van der Waals surface area contributed by atoms with E-state index in [9.17, 15) is 4.79 Å². The van der Waals surface area contributed by atoms with Crippen molar-refractivity contribution in [3.8, 4) is 0 Å². The van der Waals surface area contributed by atoms with Gasteiger partial charge in [-0.25, -0.2) is 0 Å². The van der Waals surface area contributed by atoms with Gasteiger partial charge in [-0.15, -0.1) is 0 Å². The minimum Gasteiger partial charge on any atom is -0.399 e. The minimum atomic E-state index is -0.0957. The summed E-state index contributed by atoms with van der Waals surface area (Å²) in [5.74, 6) is -0.0957. The number of hydrogen-bond acceptors (Lipinski definition) is 4. The van der Waals surface area contributed by atoms with Crippen LogP contribution in [0.2, 0.25) is 0 Å². The maximum atomic E-state index is 12.0. The summed E-state index contributed by atoms with van der Waals surface area (Å²) in [7, 11) is 0. The van der Waals surface area contributed by atoms with Crippen molar-refractivity contribution < 1.29 is 9.63 Å². The van der Waals surface area contributed by atoms with Crippen molar-refractivity contribution in [3.05, 3.63) is 23.8 Å². The van der Waals surface area contributed by atoms with Crippen LogP contribution in [-0.2, 0) is 4.84 Å². The molecule has 0 spiro atoms. The summed E-state index contributed by atoms with van der Waals surface area (Å²) in [6, 6.07) is 5.27. The van der Waals surface area contributed by atoms with Crippen molar-refractivity contribution in [3.63, 3.8) is 0 Å². The van der Waals surface area contributed by atoms with E-state index in [1.807, 2.05) is 6.92 Å². The van der Waals surface area contributed by atoms with E-state index < -0.39 is 0 Å². The molecule has 0 saturated carbocycles. The molecule has 1 aliphatic rings. The van der Waals surface area contributed by atoms with Crippen LogP contribution in [0.4, 0.5) is 11.4 Å². The average Bonchev–Trinajstić information content (AvgIpc) is 2.40. The SMILES string of the molecule is CCNC(=O)c1ccc(N)cc1N1CCCCO1. The first-order chi connectivity index (χ1) is 8.72. The molecule has 1 aliphatic heterocycles. The van der Waals surface area contributed by atoms with Crippen LogP contribution in [0, 0.1) is 0 Å². The maximum absolute atomic E-state index is 12.0. The second-order valence-electron chi connectivity index (χ2n) is 4.28. The van der Waals surface area contributed by atoms with Gasteiger partial charge in [0, 0.05) is 18.8 Å². The van der Waals surface area contributed by atoms with Gasteiger partial charge in [0.25, 0.3) is 5.91 Å². The first-order valence-electron chi connectivity index (χ1n) is 6.30. The third kappa shape index (κ3) is 2.73. The van der Waals surface area contributed by atoms with Crippen LogP contribution >= 0.6 is 0 Å². The van der Waals surface area contributed by atoms with E-state index in [0.29, 0.717) is 24.4 Å². The third-order valence-corrected chi connectivity index (χ3v) is 2.88. The number of amides is 1. The molecule has 0 radical (unpaired) electrons. The van der Waals surface area contributed by atoms with Crippen LogP contribution in [-0.4, -0.2) is 25.6 Å². The van der Waals surface area contributed by atoms with E-state index in [-0.39, 0.29) is 5.91 Å². The highest BCUT2D eigenvalue weighted by atomic mass is 16.7. The largest absolute Gasteiger partial charge is 0.399 e. The van der Waals surface area contributed by atoms with Gasteiger partial charge in [0.1, 0.15) is 0 Å². The van der Waals surface area contributed by atoms with Gasteiger partial charge in [-0.1, -0.05) is 0 Å². The number of carbonyl (C=O) groups excluding carboxylic acids is 1. The summed E-state index contributed by atoms with van der Waals surface area (Å²) in [5, 5.41) is 4.57. The number of hydroxylamine groups is 1. The zero-order valence-electron chi connectivity index (χ0n) is 10.6. The van der Waals surface area contributed by atoms with E-state index in [4.69, 9.17) is 10.6 Å². The van der Waals surface area contributed by atoms with Crippen LogP contribution in [0.1, 0.15) is 30.1 Å². The Balaban J connectivity index is 2.30. The number of rotatable bonds is 3. The molecule has 18 heavy (non-hydrogen) atoms. The van der Waals surface area contributed by atoms with Gasteiger partial charge in [0.15, 0.2) is 0 Å². The first kappa shape index (κ1) is 12.7. The van der Waals surface area contributed by atoms with Crippen molar-refractivity contribution in [1.29, 1.82) is 0 Å². The Morgan fingerprint density at radius 3 is 3.00 bits per heavy atom. The van der Waals surface area contributed by atoms with Gasteiger partial charge in [-0.05, 0) is 38.0 Å². The monoisotopic (exact) mass is 249 g/mol. The highest BCUT2D eigenvalue weighted by molar-refractivity contribution is 6.00. The standard InChI is InChI=1S/C13H19N3O2/c1-2-15-13(17)11-6-5-10(14)9-12(11)16-7-3-4-8-18-16/h5-6,9H,2-4,7-8,14H2,1H3,(H,15,17). The summed E-state index contributed by atoms with van der Waals surface area (Å²) < 4.78 is 0. The van der Waals surface area contributed by atoms with E-state index >= 15 is 0 Å². The molecule has 1 amide bonds. The number of anilines is 2. The zero-order chi connectivity index (χ0) is 13.0. The molecule has 0 aromatic heterocycles. The lowest BCUT2D eigenvalue weighted by atomic mass is 10.1. The Kier molecular flexibility index (Phi) is 4.04. The third-order valence-electron chi connectivity index (χ3n) is 2.88. The number of nitrogens with one attached hydrogen (secondary N) is 1. The molecule has 1 fully saturated rings. The fourth-order valence-corrected chi connectivity index (χ4v) is 1.99. The number of nitrogens with zero attached hydrogens (tertiary/aromatic N) is 1. The van der Waals surface area contributed by atoms with E-state index in [1.54, 1.807) is 23.3 Å². The Hall–Kier alpha value is -1.75. The van der Waals surface area contributed by atoms with E-state index in [2.05, 4.69) is 5.32 Å². The molecule has 0 atom stereocenters. The second-order valence-corrected chi connectivity index (χ2v) is 4.28. The average molecular weight is 249 g/mol. The molecule has 1 heterocycles. The van der Waals surface area contributed by atoms with E-state index in [0.717, 1.165) is 25.1 Å². The zero-order valence-corrected chi connectivity index (χ0v) is 10.6. The van der Waals surface area contributed by atoms with Crippen molar-refractivity contribution in [2.24, 2.45) is 0 Å². The quantitative estimate of drug-likeness (QED) is 0.798. The smallest absolute Gasteiger partial charge is 0.253 e. The fourth-order valence-electron chi connectivity index (χ4n) is 1.99. The molecule has 5 heteroatoms. The predicted molar refractivity (Wildman–Crippen MR) is 71.4 cm³/mol. The molecule has 1 aromatic carbocycles. The minimum absolute atomic E-state index is 0.0957. The Labute approximate surface area is 107 Å². The van der Waals surface area contributed by atoms with Crippen LogP contribution in [0.15, 0.2) is 18.2 Å². The molecule has 2 rings (SSSR count). The van der Waals surface area contributed by atoms with Crippen LogP contribution in [0.25, 0.3) is 0 Å². The van der Waals surface area contributed by atoms with Crippen molar-refractivity contribution >= 4 is 17.3 Å². The van der Waals surface area contributed by atoms with Crippen LogP contribution in [0.3, 0.4) is 0 Å². The van der Waals surface area contributed by atoms with Gasteiger partial charge < -0.3 is 11.1 Å². The van der Waals surface area contributed by atoms with Gasteiger partial charge in [0.2, 0.25) is 0 Å². The molecule has 1 aromatic rings. The van der Waals surface area contributed by atoms with Crippen molar-refractivity contribution in [2.45, 2.75) is 19.8 Å². The molecule has 0 aliphatic carbocycles. The lowest BCUT2D eigenvalue weighted by Gasteiger charge is -2.29. The molecule has 0 unspecified atom stereocenters. The van der Waals surface area contributed by atoms with Crippen LogP contribution in [0.5, 0.6) is 0 Å². The van der Waals surface area contributed by atoms with Gasteiger partial charge in [0.05, 0.1) is 17.9 Å². The Morgan fingerprint density at radius 1 is 1.50 bits per heavy atom. The Bertz CT molecular complexity index is 428. The van der Waals surface area contributed by atoms with Gasteiger partial charge >= 0.3 is 0 Å². The molecule has 5 nitrogen and oxygen atoms in total. The first-order valence-corrected chi connectivity index (χ1v) is 6.30. The number of hydrogen-bond donors (Lipinski definition) is 2. The normalized spacial score (nSPS) is 15.5. The van der Waals surface area contributed by atoms with Crippen molar-refractivity contribution in [1.82, 2.24) is 5.32 Å². The Morgan fingerprint density at radius 2 is 2.33 bits per heavy atom. The summed E-state index contributed by atoms with van der Waals surface area (Å²) in [5.41, 5.74) is 7.78. The van der Waals surface area contributed by atoms with Crippen molar-refractivity contribution in [2.75, 3.05) is 30.5 Å². The molecule has 98 valence electrons. The molecule has 3 N–H and O–H groups in total.